The molecule has 1 heterocycles. The summed E-state index contributed by atoms with van der Waals surface area (Å²) in [6.45, 7) is 1.50. The van der Waals surface area contributed by atoms with Crippen LogP contribution in [0.1, 0.15) is 6.92 Å². The Balaban J connectivity index is 2.65. The lowest BCUT2D eigenvalue weighted by atomic mass is 10.3. The van der Waals surface area contributed by atoms with E-state index in [1.807, 2.05) is 0 Å². The summed E-state index contributed by atoms with van der Waals surface area (Å²) >= 11 is 1.21. The lowest BCUT2D eigenvalue weighted by Gasteiger charge is -1.98. The fourth-order valence-corrected chi connectivity index (χ4v) is 1.69. The molecular formula is C9H11N3O3S. The number of aromatic amines is 1. The third-order valence-electron chi connectivity index (χ3n) is 1.69. The normalized spacial score (nSPS) is 11.4. The zero-order chi connectivity index (χ0) is 12.1. The molecule has 0 bridgehead atoms. The Labute approximate surface area is 95.6 Å². The molecule has 0 aliphatic carbocycles. The molecule has 0 aliphatic rings. The maximum atomic E-state index is 11.0. The van der Waals surface area contributed by atoms with Gasteiger partial charge in [-0.05, 0) is 6.92 Å². The number of carbonyl (C=O) groups is 1. The second kappa shape index (κ2) is 5.36. The summed E-state index contributed by atoms with van der Waals surface area (Å²) in [5, 5.41) is 8.97. The van der Waals surface area contributed by atoms with Gasteiger partial charge in [-0.3, -0.25) is 4.79 Å². The van der Waals surface area contributed by atoms with Crippen molar-refractivity contribution >= 4 is 23.5 Å². The van der Waals surface area contributed by atoms with Crippen molar-refractivity contribution in [2.24, 2.45) is 0 Å². The van der Waals surface area contributed by atoms with Crippen LogP contribution in [0.15, 0.2) is 27.7 Å². The van der Waals surface area contributed by atoms with Crippen LogP contribution in [-0.2, 0) is 4.79 Å². The number of carboxylic acids is 1. The number of hydrogen-bond donors (Lipinski definition) is 3. The van der Waals surface area contributed by atoms with Crippen LogP contribution in [0.25, 0.3) is 0 Å². The number of thioether (sulfide) groups is 1. The monoisotopic (exact) mass is 241 g/mol. The molecule has 16 heavy (non-hydrogen) atoms. The Bertz CT molecular complexity index is 481. The van der Waals surface area contributed by atoms with Gasteiger partial charge in [0.2, 0.25) is 0 Å². The van der Waals surface area contributed by atoms with Crippen molar-refractivity contribution in [3.8, 4) is 0 Å². The molecule has 86 valence electrons. The molecule has 0 radical (unpaired) electrons. The van der Waals surface area contributed by atoms with Gasteiger partial charge in [0, 0.05) is 17.4 Å². The van der Waals surface area contributed by atoms with Gasteiger partial charge in [0.1, 0.15) is 5.82 Å². The predicted molar refractivity (Wildman–Crippen MR) is 61.4 cm³/mol. The molecule has 0 aliphatic heterocycles. The average Bonchev–Trinajstić information content (AvgIpc) is 2.15. The Morgan fingerprint density at radius 3 is 3.00 bits per heavy atom. The Morgan fingerprint density at radius 1 is 1.75 bits per heavy atom. The number of aliphatic carboxylic acids is 1. The zero-order valence-electron chi connectivity index (χ0n) is 8.56. The van der Waals surface area contributed by atoms with E-state index >= 15 is 0 Å². The topological polar surface area (TPSA) is 109 Å². The summed E-state index contributed by atoms with van der Waals surface area (Å²) in [5.41, 5.74) is 5.31. The average molecular weight is 241 g/mol. The summed E-state index contributed by atoms with van der Waals surface area (Å²) in [4.78, 5) is 27.9. The Morgan fingerprint density at radius 2 is 2.44 bits per heavy atom. The van der Waals surface area contributed by atoms with Gasteiger partial charge in [0.05, 0.1) is 0 Å². The fraction of sp³-hybridized carbons (Fsp3) is 0.222. The highest BCUT2D eigenvalue weighted by atomic mass is 32.2. The van der Waals surface area contributed by atoms with E-state index in [0.29, 0.717) is 10.9 Å². The van der Waals surface area contributed by atoms with Gasteiger partial charge in [-0.2, -0.15) is 0 Å². The van der Waals surface area contributed by atoms with Crippen molar-refractivity contribution in [2.45, 2.75) is 12.1 Å². The molecule has 0 aromatic carbocycles. The van der Waals surface area contributed by atoms with Crippen molar-refractivity contribution in [2.75, 3.05) is 11.5 Å². The first-order chi connectivity index (χ1) is 7.49. The molecule has 0 saturated heterocycles. The summed E-state index contributed by atoms with van der Waals surface area (Å²) in [7, 11) is 0. The molecule has 0 spiro atoms. The number of nitrogens with one attached hydrogen (secondary N) is 1. The van der Waals surface area contributed by atoms with E-state index in [1.165, 1.54) is 30.8 Å². The van der Waals surface area contributed by atoms with Crippen LogP contribution in [0.3, 0.4) is 0 Å². The van der Waals surface area contributed by atoms with Crippen LogP contribution in [0.2, 0.25) is 0 Å². The lowest BCUT2D eigenvalue weighted by molar-refractivity contribution is -0.132. The third kappa shape index (κ3) is 3.77. The van der Waals surface area contributed by atoms with Gasteiger partial charge in [0.15, 0.2) is 5.16 Å². The van der Waals surface area contributed by atoms with Crippen LogP contribution in [-0.4, -0.2) is 26.8 Å². The number of hydrogen-bond acceptors (Lipinski definition) is 5. The van der Waals surface area contributed by atoms with Crippen LogP contribution < -0.4 is 11.3 Å². The molecule has 1 aromatic heterocycles. The van der Waals surface area contributed by atoms with Crippen molar-refractivity contribution in [3.05, 3.63) is 28.1 Å². The summed E-state index contributed by atoms with van der Waals surface area (Å²) in [6.07, 6.45) is 1.54. The molecule has 0 atom stereocenters. The number of nitrogen functional groups attached to an aromatic ring is 1. The van der Waals surface area contributed by atoms with E-state index in [0.717, 1.165) is 0 Å². The third-order valence-corrected chi connectivity index (χ3v) is 2.49. The Kier molecular flexibility index (Phi) is 4.12. The number of H-pyrrole nitrogens is 1. The first kappa shape index (κ1) is 12.3. The van der Waals surface area contributed by atoms with Crippen LogP contribution in [0, 0.1) is 0 Å². The number of nitrogens with zero attached hydrogens (tertiary/aromatic N) is 1. The highest BCUT2D eigenvalue weighted by Gasteiger charge is 2.01. The van der Waals surface area contributed by atoms with E-state index in [9.17, 15) is 9.59 Å². The number of anilines is 1. The quantitative estimate of drug-likeness (QED) is 0.402. The highest BCUT2D eigenvalue weighted by Crippen LogP contribution is 2.12. The summed E-state index contributed by atoms with van der Waals surface area (Å²) in [6, 6.07) is 1.18. The van der Waals surface area contributed by atoms with Crippen molar-refractivity contribution in [1.29, 1.82) is 0 Å². The van der Waals surface area contributed by atoms with E-state index in [2.05, 4.69) is 9.97 Å². The molecule has 1 rings (SSSR count). The first-order valence-corrected chi connectivity index (χ1v) is 5.37. The van der Waals surface area contributed by atoms with Gasteiger partial charge in [-0.25, -0.2) is 9.78 Å². The van der Waals surface area contributed by atoms with Gasteiger partial charge < -0.3 is 15.8 Å². The first-order valence-electron chi connectivity index (χ1n) is 4.38. The fourth-order valence-electron chi connectivity index (χ4n) is 0.855. The van der Waals surface area contributed by atoms with Crippen molar-refractivity contribution in [3.63, 3.8) is 0 Å². The zero-order valence-corrected chi connectivity index (χ0v) is 9.37. The largest absolute Gasteiger partial charge is 0.478 e. The molecule has 0 saturated carbocycles. The molecular weight excluding hydrogens is 230 g/mol. The molecule has 6 nitrogen and oxygen atoms in total. The van der Waals surface area contributed by atoms with Crippen LogP contribution in [0.5, 0.6) is 0 Å². The van der Waals surface area contributed by atoms with E-state index < -0.39 is 5.97 Å². The van der Waals surface area contributed by atoms with E-state index in [1.54, 1.807) is 0 Å². The maximum absolute atomic E-state index is 11.0. The van der Waals surface area contributed by atoms with Crippen LogP contribution >= 0.6 is 11.8 Å². The van der Waals surface area contributed by atoms with Gasteiger partial charge >= 0.3 is 5.97 Å². The minimum Gasteiger partial charge on any atom is -0.478 e. The second-order valence-electron chi connectivity index (χ2n) is 2.98. The van der Waals surface area contributed by atoms with Gasteiger partial charge in [-0.1, -0.05) is 17.8 Å². The van der Waals surface area contributed by atoms with E-state index in [-0.39, 0.29) is 17.0 Å². The number of rotatable bonds is 4. The highest BCUT2D eigenvalue weighted by molar-refractivity contribution is 7.99. The predicted octanol–water partition coefficient (Wildman–Crippen LogP) is 0.475. The summed E-state index contributed by atoms with van der Waals surface area (Å²) < 4.78 is 0. The Hall–Kier alpha value is -1.76. The minimum absolute atomic E-state index is 0.144. The van der Waals surface area contributed by atoms with Gasteiger partial charge in [-0.15, -0.1) is 0 Å². The maximum Gasteiger partial charge on any atom is 0.330 e. The van der Waals surface area contributed by atoms with Crippen LogP contribution in [0.4, 0.5) is 5.82 Å². The number of nitrogens with two attached hydrogens (primary N) is 1. The lowest BCUT2D eigenvalue weighted by Crippen LogP contribution is -2.09. The van der Waals surface area contributed by atoms with Gasteiger partial charge in [0.25, 0.3) is 5.56 Å². The summed E-state index contributed by atoms with van der Waals surface area (Å²) in [5.74, 6) is -0.412. The number of carboxylic acid groups (broad SMARTS) is 1. The molecule has 1 aromatic rings. The molecule has 0 fully saturated rings. The molecule has 4 N–H and O–H groups in total. The number of aromatic nitrogens is 2. The molecule has 7 heteroatoms. The van der Waals surface area contributed by atoms with E-state index in [4.69, 9.17) is 10.8 Å². The molecule has 0 amide bonds. The van der Waals surface area contributed by atoms with Crippen molar-refractivity contribution < 1.29 is 9.90 Å². The second-order valence-corrected chi connectivity index (χ2v) is 3.99. The molecule has 0 unspecified atom stereocenters. The van der Waals surface area contributed by atoms with Crippen molar-refractivity contribution in [1.82, 2.24) is 9.97 Å². The SMILES string of the molecule is CC(=CCSc1nc(N)cc(=O)[nH]1)C(=O)O. The smallest absolute Gasteiger partial charge is 0.330 e. The minimum atomic E-state index is -0.963. The standard InChI is InChI=1S/C9H11N3O3S/c1-5(8(14)15)2-3-16-9-11-6(10)4-7(13)12-9/h2,4H,3H2,1H3,(H,14,15)(H3,10,11,12,13).